The summed E-state index contributed by atoms with van der Waals surface area (Å²) in [6, 6.07) is 10.8. The molecule has 0 saturated carbocycles. The smallest absolute Gasteiger partial charge is 0.250 e. The number of hydrogen-bond donors (Lipinski definition) is 1. The van der Waals surface area contributed by atoms with Gasteiger partial charge in [0.15, 0.2) is 12.7 Å². The van der Waals surface area contributed by atoms with Gasteiger partial charge in [0, 0.05) is 77.1 Å². The Kier molecular flexibility index (Phi) is 108. The maximum atomic E-state index is 4.62. The van der Waals surface area contributed by atoms with Crippen molar-refractivity contribution in [2.75, 3.05) is 0 Å². The molecule has 0 aliphatic heterocycles. The standard InChI is InChI=1S/C5H8N2O.C4H7N3O.C4H7N3S.C4H4N2.9C4H10.2C3H3N3.C3H4N2.C3H3NO.C3H3NS.C2H2N2O.CHN3O.CHN3S/c1-4(2)5-3-6-8-7-5;2*1-3(2)4-5-6-7-8-4;1-2-4-6-5-3-1;9*1-4(2)3;1-2-5-6-3-4-1;1-2-4-6-5-3-1;3*1-2-4-5-3-1;1-2-5-4-3-1;2*1-2-4-5-3-1/h3-4H,1-2H3;2*3H,1-2H3;1-4H;9*4H,1-3H3;2*1-3H;1-3H,(H,4,5);2*1-3H;1-2H;2*1H. The molecule has 12 aromatic rings. The molecule has 0 fully saturated rings. The molecule has 1 N–H and O–H groups in total. The zero-order chi connectivity index (χ0) is 84.1. The number of hydrogen-bond acceptors (Lipinski definition) is 35. The van der Waals surface area contributed by atoms with Crippen molar-refractivity contribution < 1.29 is 22.8 Å². The molecule has 612 valence electrons. The lowest BCUT2D eigenvalue weighted by Gasteiger charge is -1.91. The van der Waals surface area contributed by atoms with Crippen molar-refractivity contribution in [3.63, 3.8) is 0 Å². The molecule has 0 aliphatic rings. The molecule has 12 rings (SSSR count). The van der Waals surface area contributed by atoms with Crippen molar-refractivity contribution in [1.82, 2.24) is 141 Å². The summed E-state index contributed by atoms with van der Waals surface area (Å²) in [6.07, 6.45) is 26.4. The van der Waals surface area contributed by atoms with Crippen molar-refractivity contribution in [1.29, 1.82) is 0 Å². The lowest BCUT2D eigenvalue weighted by Crippen LogP contribution is -1.85. The molecular formula is C72H136N28O5S3. The van der Waals surface area contributed by atoms with Crippen LogP contribution in [0.5, 0.6) is 0 Å². The van der Waals surface area contributed by atoms with Crippen LogP contribution in [0.15, 0.2) is 170 Å². The van der Waals surface area contributed by atoms with E-state index in [1.165, 1.54) is 67.0 Å². The third kappa shape index (κ3) is 172. The predicted octanol–water partition coefficient (Wildman–Crippen LogP) is 19.7. The molecule has 0 bridgehead atoms. The van der Waals surface area contributed by atoms with Gasteiger partial charge in [0.25, 0.3) is 5.89 Å². The summed E-state index contributed by atoms with van der Waals surface area (Å²) in [7, 11) is 0. The highest BCUT2D eigenvalue weighted by Crippen LogP contribution is 2.12. The van der Waals surface area contributed by atoms with Crippen LogP contribution in [0.25, 0.3) is 0 Å². The predicted molar refractivity (Wildman–Crippen MR) is 434 cm³/mol. The van der Waals surface area contributed by atoms with Gasteiger partial charge in [-0.15, -0.1) is 30.6 Å². The van der Waals surface area contributed by atoms with E-state index in [9.17, 15) is 0 Å². The minimum absolute atomic E-state index is 0.282. The molecule has 0 unspecified atom stereocenters. The van der Waals surface area contributed by atoms with Crippen LogP contribution in [0.1, 0.15) is 263 Å². The van der Waals surface area contributed by atoms with Gasteiger partial charge >= 0.3 is 0 Å². The van der Waals surface area contributed by atoms with Crippen LogP contribution in [0.2, 0.25) is 0 Å². The van der Waals surface area contributed by atoms with Gasteiger partial charge < -0.3 is 13.6 Å². The second-order valence-corrected chi connectivity index (χ2v) is 29.5. The summed E-state index contributed by atoms with van der Waals surface area (Å²) in [5, 5.41) is 80.1. The second kappa shape index (κ2) is 99.6. The van der Waals surface area contributed by atoms with E-state index >= 15 is 0 Å². The molecule has 0 spiro atoms. The lowest BCUT2D eigenvalue weighted by molar-refractivity contribution is 0.292. The molecule has 12 aromatic heterocycles. The molecule has 0 aromatic carbocycles. The molecule has 108 heavy (non-hydrogen) atoms. The fraction of sp³-hybridized carbons (Fsp3) is 0.625. The van der Waals surface area contributed by atoms with Crippen molar-refractivity contribution in [3.8, 4) is 0 Å². The van der Waals surface area contributed by atoms with Crippen LogP contribution in [-0.4, -0.2) is 141 Å². The summed E-state index contributed by atoms with van der Waals surface area (Å²) in [6.45, 7) is 70.7. The van der Waals surface area contributed by atoms with E-state index in [1.54, 1.807) is 74.1 Å². The third-order valence-electron chi connectivity index (χ3n) is 5.72. The zero-order valence-corrected chi connectivity index (χ0v) is 73.6. The molecule has 0 atom stereocenters. The van der Waals surface area contributed by atoms with Crippen LogP contribution in [0.4, 0.5) is 0 Å². The Hall–Kier alpha value is -9.45. The summed E-state index contributed by atoms with van der Waals surface area (Å²) in [4.78, 5) is 3.61. The number of aromatic nitrogens is 28. The van der Waals surface area contributed by atoms with E-state index in [2.05, 4.69) is 365 Å². The fourth-order valence-electron chi connectivity index (χ4n) is 2.73. The van der Waals surface area contributed by atoms with Crippen LogP contribution in [0, 0.1) is 53.3 Å². The van der Waals surface area contributed by atoms with Gasteiger partial charge in [-0.25, -0.2) is 18.6 Å². The Balaban J connectivity index is -0.000000137. The van der Waals surface area contributed by atoms with Crippen LogP contribution in [-0.2, 0) is 0 Å². The van der Waals surface area contributed by atoms with Crippen LogP contribution < -0.4 is 0 Å². The minimum Gasteiger partial charge on any atom is -0.365 e. The highest BCUT2D eigenvalue weighted by atomic mass is 32.1. The van der Waals surface area contributed by atoms with Gasteiger partial charge in [0.2, 0.25) is 0 Å². The largest absolute Gasteiger partial charge is 0.365 e. The quantitative estimate of drug-likeness (QED) is 0.172. The van der Waals surface area contributed by atoms with Crippen molar-refractivity contribution in [2.45, 2.75) is 246 Å². The van der Waals surface area contributed by atoms with Gasteiger partial charge in [0.05, 0.1) is 59.5 Å². The first-order chi connectivity index (χ1) is 51.0. The van der Waals surface area contributed by atoms with Gasteiger partial charge in [0.1, 0.15) is 29.6 Å². The molecule has 12 heterocycles. The normalized spacial score (nSPS) is 8.86. The molecular weight excluding hydrogens is 1430 g/mol. The van der Waals surface area contributed by atoms with E-state index in [0.717, 1.165) is 75.7 Å². The first-order valence-corrected chi connectivity index (χ1v) is 37.8. The Bertz CT molecular complexity index is 2390. The molecule has 36 heteroatoms. The van der Waals surface area contributed by atoms with Gasteiger partial charge in [-0.2, -0.15) is 24.8 Å². The molecule has 0 amide bonds. The number of H-pyrrole nitrogens is 1. The van der Waals surface area contributed by atoms with Gasteiger partial charge in [-0.1, -0.05) is 263 Å². The van der Waals surface area contributed by atoms with E-state index in [1.807, 2.05) is 57.3 Å². The Labute approximate surface area is 658 Å². The van der Waals surface area contributed by atoms with E-state index in [4.69, 9.17) is 0 Å². The number of nitrogens with one attached hydrogen (secondary N) is 1. The van der Waals surface area contributed by atoms with Crippen molar-refractivity contribution in [3.05, 3.63) is 164 Å². The van der Waals surface area contributed by atoms with Gasteiger partial charge in [-0.3, -0.25) is 5.10 Å². The Morgan fingerprint density at radius 2 is 0.898 bits per heavy atom. The second-order valence-electron chi connectivity index (χ2n) is 27.5. The van der Waals surface area contributed by atoms with E-state index in [-0.39, 0.29) is 5.92 Å². The topological polar surface area (TPSA) is 430 Å². The number of rotatable bonds is 3. The number of aromatic amines is 1. The molecule has 0 radical (unpaired) electrons. The Morgan fingerprint density at radius 1 is 0.352 bits per heavy atom. The highest BCUT2D eigenvalue weighted by molar-refractivity contribution is 7.05. The monoisotopic (exact) mass is 1570 g/mol. The SMILES string of the molecule is CC(C)C.CC(C)C.CC(C)C.CC(C)C.CC(C)C.CC(C)C.CC(C)C.CC(C)C.CC(C)C.CC(C)c1cnon1.CC(C)c1nnno1.CC(C)c1nnns1.c1ccnnc1.c1cn[nH]c1.c1cnncn1.c1cnnnc1.c1cnoc1.c1cnsc1.c1conn1.c1nnon1.c1nnsn1. The summed E-state index contributed by atoms with van der Waals surface area (Å²) in [5.41, 5.74) is 0.907. The van der Waals surface area contributed by atoms with E-state index in [0.29, 0.717) is 17.7 Å². The zero-order valence-electron chi connectivity index (χ0n) is 71.1. The minimum atomic E-state index is 0.282. The highest BCUT2D eigenvalue weighted by Gasteiger charge is 2.04. The summed E-state index contributed by atoms with van der Waals surface area (Å²) in [5.74, 6) is 9.26. The first kappa shape index (κ1) is 117. The van der Waals surface area contributed by atoms with Crippen molar-refractivity contribution in [2.24, 2.45) is 53.3 Å². The van der Waals surface area contributed by atoms with Crippen molar-refractivity contribution >= 4 is 34.8 Å². The molecule has 33 nitrogen and oxygen atoms in total. The average molecular weight is 1570 g/mol. The first-order valence-electron chi connectivity index (χ1n) is 35.4. The maximum Gasteiger partial charge on any atom is 0.250 e. The maximum absolute atomic E-state index is 4.62. The lowest BCUT2D eigenvalue weighted by atomic mass is 10.2. The summed E-state index contributed by atoms with van der Waals surface area (Å²) >= 11 is 3.92. The number of nitrogens with zero attached hydrogens (tertiary/aromatic N) is 27. The molecule has 0 saturated heterocycles. The van der Waals surface area contributed by atoms with Gasteiger partial charge in [-0.05, 0) is 122 Å². The third-order valence-corrected chi connectivity index (χ3v) is 7.50. The fourth-order valence-corrected chi connectivity index (χ4v) is 3.73. The van der Waals surface area contributed by atoms with E-state index < -0.39 is 0 Å². The van der Waals surface area contributed by atoms with Crippen LogP contribution in [0.3, 0.4) is 0 Å². The van der Waals surface area contributed by atoms with Crippen LogP contribution >= 0.6 is 34.8 Å². The Morgan fingerprint density at radius 3 is 1.04 bits per heavy atom. The average Bonchev–Trinajstić information content (AvgIpc) is 1.85. The molecule has 0 aliphatic carbocycles. The summed E-state index contributed by atoms with van der Waals surface area (Å²) < 4.78 is 35.9.